The van der Waals surface area contributed by atoms with Crippen molar-refractivity contribution in [2.24, 2.45) is 27.9 Å². The number of rotatable bonds is 7. The van der Waals surface area contributed by atoms with Crippen LogP contribution in [-0.2, 0) is 6.42 Å². The zero-order valence-corrected chi connectivity index (χ0v) is 19.8. The van der Waals surface area contributed by atoms with Crippen molar-refractivity contribution in [3.8, 4) is 6.07 Å². The maximum Gasteiger partial charge on any atom is 0.144 e. The molecule has 168 valence electrons. The summed E-state index contributed by atoms with van der Waals surface area (Å²) in [5.74, 6) is 6.67. The molecule has 1 fully saturated rings. The largest absolute Gasteiger partial charge is 0.395 e. The summed E-state index contributed by atoms with van der Waals surface area (Å²) < 4.78 is 0. The van der Waals surface area contributed by atoms with Crippen molar-refractivity contribution < 1.29 is 0 Å². The molecule has 2 rings (SSSR count). The number of likely N-dealkylation sites (N-methyl/N-ethyl adjacent to an activating group) is 1. The average Bonchev–Trinajstić information content (AvgIpc) is 2.73. The van der Waals surface area contributed by atoms with Gasteiger partial charge in [0.1, 0.15) is 11.8 Å². The van der Waals surface area contributed by atoms with Crippen LogP contribution in [0.25, 0.3) is 5.70 Å². The minimum absolute atomic E-state index is 0.103. The highest BCUT2D eigenvalue weighted by atomic mass is 15.4. The minimum Gasteiger partial charge on any atom is -0.395 e. The molecule has 0 aromatic carbocycles. The quantitative estimate of drug-likeness (QED) is 0.380. The summed E-state index contributed by atoms with van der Waals surface area (Å²) in [4.78, 5) is 9.04. The first kappa shape index (κ1) is 24.6. The number of allylic oxidation sites excluding steroid dienone is 2. The van der Waals surface area contributed by atoms with Crippen molar-refractivity contribution in [2.75, 3.05) is 13.6 Å². The van der Waals surface area contributed by atoms with Crippen LogP contribution < -0.4 is 11.6 Å². The van der Waals surface area contributed by atoms with Crippen LogP contribution in [0, 0.1) is 22.7 Å². The summed E-state index contributed by atoms with van der Waals surface area (Å²) in [6.45, 7) is 8.93. The van der Waals surface area contributed by atoms with Gasteiger partial charge < -0.3 is 10.7 Å². The van der Waals surface area contributed by atoms with Gasteiger partial charge in [0.25, 0.3) is 0 Å². The van der Waals surface area contributed by atoms with E-state index in [1.807, 2.05) is 18.2 Å². The standard InChI is InChI=1S/C25H38N6/c1-18(25(2,3)4)13-14-29-17-23(31(5)28)24(27)21-12-11-20(22(16-26)30-21)15-19-9-7-6-8-10-19/h11-14,19H,6-10,15,17,27-28H2,1-5H3/b18-13+,24-23-,29-14?. The van der Waals surface area contributed by atoms with Gasteiger partial charge in [0.05, 0.1) is 23.6 Å². The SMILES string of the molecule is C/C(=C\C=NC/C(=C(/N)c1ccc(CC2CCCCC2)c(C#N)n1)N(C)N)C(C)(C)C. The third-order valence-corrected chi connectivity index (χ3v) is 6.18. The maximum atomic E-state index is 9.66. The van der Waals surface area contributed by atoms with Crippen molar-refractivity contribution in [1.29, 1.82) is 5.26 Å². The van der Waals surface area contributed by atoms with Crippen LogP contribution in [0.1, 0.15) is 76.8 Å². The third-order valence-electron chi connectivity index (χ3n) is 6.18. The maximum absolute atomic E-state index is 9.66. The first-order valence-corrected chi connectivity index (χ1v) is 11.2. The zero-order chi connectivity index (χ0) is 23.0. The number of nitrogens with zero attached hydrogens (tertiary/aromatic N) is 4. The Morgan fingerprint density at radius 2 is 1.97 bits per heavy atom. The third kappa shape index (κ3) is 7.22. The Bertz CT molecular complexity index is 874. The highest BCUT2D eigenvalue weighted by Gasteiger charge is 2.18. The van der Waals surface area contributed by atoms with Crippen LogP contribution >= 0.6 is 0 Å². The number of nitriles is 1. The van der Waals surface area contributed by atoms with E-state index in [0.29, 0.717) is 35.2 Å². The van der Waals surface area contributed by atoms with Crippen LogP contribution in [-0.4, -0.2) is 29.8 Å². The second kappa shape index (κ2) is 11.1. The van der Waals surface area contributed by atoms with Crippen molar-refractivity contribution in [3.63, 3.8) is 0 Å². The fourth-order valence-electron chi connectivity index (χ4n) is 3.69. The van der Waals surface area contributed by atoms with E-state index in [4.69, 9.17) is 11.6 Å². The molecule has 1 aromatic rings. The molecule has 0 unspecified atom stereocenters. The van der Waals surface area contributed by atoms with Gasteiger partial charge in [-0.2, -0.15) is 5.26 Å². The van der Waals surface area contributed by atoms with Crippen LogP contribution in [0.3, 0.4) is 0 Å². The Balaban J connectivity index is 2.23. The first-order valence-electron chi connectivity index (χ1n) is 11.2. The van der Waals surface area contributed by atoms with Gasteiger partial charge in [-0.1, -0.05) is 64.5 Å². The predicted molar refractivity (Wildman–Crippen MR) is 129 cm³/mol. The molecule has 31 heavy (non-hydrogen) atoms. The molecule has 6 heteroatoms. The van der Waals surface area contributed by atoms with Gasteiger partial charge in [-0.05, 0) is 42.4 Å². The van der Waals surface area contributed by atoms with E-state index < -0.39 is 0 Å². The summed E-state index contributed by atoms with van der Waals surface area (Å²) in [5.41, 5.74) is 10.9. The fraction of sp³-hybridized carbons (Fsp3) is 0.560. The lowest BCUT2D eigenvalue weighted by Gasteiger charge is -2.22. The van der Waals surface area contributed by atoms with Gasteiger partial charge >= 0.3 is 0 Å². The highest BCUT2D eigenvalue weighted by Crippen LogP contribution is 2.28. The van der Waals surface area contributed by atoms with E-state index in [1.165, 1.54) is 42.7 Å². The zero-order valence-electron chi connectivity index (χ0n) is 19.8. The molecule has 0 bridgehead atoms. The molecule has 1 aliphatic rings. The Kier molecular flexibility index (Phi) is 8.82. The molecule has 1 aromatic heterocycles. The van der Waals surface area contributed by atoms with E-state index in [-0.39, 0.29) is 5.41 Å². The number of aliphatic imine (C=N–C) groups is 1. The lowest BCUT2D eigenvalue weighted by atomic mass is 9.84. The first-order chi connectivity index (χ1) is 14.6. The fourth-order valence-corrected chi connectivity index (χ4v) is 3.69. The monoisotopic (exact) mass is 422 g/mol. The van der Waals surface area contributed by atoms with E-state index in [2.05, 4.69) is 43.7 Å². The van der Waals surface area contributed by atoms with Crippen molar-refractivity contribution in [2.45, 2.75) is 66.2 Å². The highest BCUT2D eigenvalue weighted by molar-refractivity contribution is 5.73. The number of hydrogen-bond acceptors (Lipinski definition) is 6. The van der Waals surface area contributed by atoms with Crippen LogP contribution in [0.5, 0.6) is 0 Å². The lowest BCUT2D eigenvalue weighted by Crippen LogP contribution is -2.29. The number of nitrogens with two attached hydrogens (primary N) is 2. The molecule has 1 saturated carbocycles. The smallest absolute Gasteiger partial charge is 0.144 e. The predicted octanol–water partition coefficient (Wildman–Crippen LogP) is 4.57. The van der Waals surface area contributed by atoms with Crippen LogP contribution in [0.4, 0.5) is 0 Å². The average molecular weight is 423 g/mol. The molecule has 0 aliphatic heterocycles. The van der Waals surface area contributed by atoms with Crippen molar-refractivity contribution >= 4 is 11.9 Å². The van der Waals surface area contributed by atoms with Gasteiger partial charge in [-0.15, -0.1) is 0 Å². The Morgan fingerprint density at radius 1 is 1.29 bits per heavy atom. The molecule has 6 nitrogen and oxygen atoms in total. The molecule has 1 heterocycles. The van der Waals surface area contributed by atoms with Crippen molar-refractivity contribution in [3.05, 3.63) is 46.4 Å². The summed E-state index contributed by atoms with van der Waals surface area (Å²) in [6.07, 6.45) is 11.1. The van der Waals surface area contributed by atoms with E-state index in [0.717, 1.165) is 12.0 Å². The van der Waals surface area contributed by atoms with Crippen LogP contribution in [0.15, 0.2) is 34.5 Å². The van der Waals surface area contributed by atoms with Gasteiger partial charge in [0.15, 0.2) is 0 Å². The summed E-state index contributed by atoms with van der Waals surface area (Å²) in [6, 6.07) is 6.15. The van der Waals surface area contributed by atoms with Gasteiger partial charge in [-0.3, -0.25) is 4.99 Å². The number of aromatic nitrogens is 1. The molecular formula is C25H38N6. The Morgan fingerprint density at radius 3 is 2.55 bits per heavy atom. The minimum atomic E-state index is 0.103. The molecule has 0 saturated heterocycles. The molecule has 4 N–H and O–H groups in total. The summed E-state index contributed by atoms with van der Waals surface area (Å²) in [7, 11) is 1.73. The van der Waals surface area contributed by atoms with Crippen molar-refractivity contribution in [1.82, 2.24) is 9.99 Å². The van der Waals surface area contributed by atoms with Gasteiger partial charge in [0.2, 0.25) is 0 Å². The lowest BCUT2D eigenvalue weighted by molar-refractivity contribution is 0.356. The second-order valence-electron chi connectivity index (χ2n) is 9.58. The van der Waals surface area contributed by atoms with E-state index >= 15 is 0 Å². The van der Waals surface area contributed by atoms with E-state index in [9.17, 15) is 5.26 Å². The molecule has 0 amide bonds. The van der Waals surface area contributed by atoms with Gasteiger partial charge in [0, 0.05) is 13.3 Å². The molecule has 0 radical (unpaired) electrons. The van der Waals surface area contributed by atoms with E-state index in [1.54, 1.807) is 13.3 Å². The molecule has 0 atom stereocenters. The normalized spacial score (nSPS) is 16.9. The van der Waals surface area contributed by atoms with Gasteiger partial charge in [-0.25, -0.2) is 10.8 Å². The topological polar surface area (TPSA) is 104 Å². The number of hydrogen-bond donors (Lipinski definition) is 2. The summed E-state index contributed by atoms with van der Waals surface area (Å²) >= 11 is 0. The molecular weight excluding hydrogens is 384 g/mol. The number of pyridine rings is 1. The number of hydrazine groups is 1. The Hall–Kier alpha value is -2.65. The Labute approximate surface area is 187 Å². The molecule has 0 spiro atoms. The second-order valence-corrected chi connectivity index (χ2v) is 9.58. The molecule has 1 aliphatic carbocycles. The van der Waals surface area contributed by atoms with Crippen LogP contribution in [0.2, 0.25) is 0 Å². The summed E-state index contributed by atoms with van der Waals surface area (Å²) in [5, 5.41) is 11.1.